The predicted molar refractivity (Wildman–Crippen MR) is 209 cm³/mol. The molecule has 0 unspecified atom stereocenters. The number of hydrogen-bond donors (Lipinski definition) is 5. The van der Waals surface area contributed by atoms with Crippen LogP contribution in [0.3, 0.4) is 0 Å². The Morgan fingerprint density at radius 2 is 0.962 bits per heavy atom. The third-order valence-corrected chi connectivity index (χ3v) is 10.7. The first-order valence-corrected chi connectivity index (χ1v) is 21.7. The van der Waals surface area contributed by atoms with Gasteiger partial charge in [0.05, 0.1) is 13.0 Å². The summed E-state index contributed by atoms with van der Waals surface area (Å²) in [5, 5.41) is 43.3. The Morgan fingerprint density at radius 1 is 0.558 bits per heavy atom. The molecule has 1 heterocycles. The minimum absolute atomic E-state index is 0.146. The van der Waals surface area contributed by atoms with E-state index in [0.29, 0.717) is 13.0 Å². The van der Waals surface area contributed by atoms with Crippen molar-refractivity contribution >= 4 is 17.8 Å². The van der Waals surface area contributed by atoms with Crippen LogP contribution in [0, 0.1) is 0 Å². The largest absolute Gasteiger partial charge is 0.481 e. The summed E-state index contributed by atoms with van der Waals surface area (Å²) in [6.45, 7) is 4.29. The molecule has 5 N–H and O–H groups in total. The van der Waals surface area contributed by atoms with E-state index in [1.54, 1.807) is 4.90 Å². The Labute approximate surface area is 317 Å². The molecule has 0 radical (unpaired) electrons. The molecular weight excluding hydrogens is 660 g/mol. The average Bonchev–Trinajstić information content (AvgIpc) is 3.13. The number of carboxylic acids is 1. The van der Waals surface area contributed by atoms with Gasteiger partial charge in [0.15, 0.2) is 6.23 Å². The van der Waals surface area contributed by atoms with Gasteiger partial charge in [-0.1, -0.05) is 174 Å². The van der Waals surface area contributed by atoms with E-state index in [1.165, 1.54) is 122 Å². The second-order valence-corrected chi connectivity index (χ2v) is 15.4. The zero-order valence-electron chi connectivity index (χ0n) is 33.4. The highest BCUT2D eigenvalue weighted by atomic mass is 16.5. The molecule has 1 aliphatic heterocycles. The molecular formula is C42H80N2O8. The van der Waals surface area contributed by atoms with E-state index in [4.69, 9.17) is 9.84 Å². The van der Waals surface area contributed by atoms with Gasteiger partial charge in [-0.25, -0.2) is 0 Å². The second-order valence-electron chi connectivity index (χ2n) is 15.4. The summed E-state index contributed by atoms with van der Waals surface area (Å²) in [7, 11) is 0. The molecule has 0 aromatic rings. The van der Waals surface area contributed by atoms with Crippen molar-refractivity contribution in [2.45, 2.75) is 237 Å². The highest BCUT2D eigenvalue weighted by Gasteiger charge is 2.48. The van der Waals surface area contributed by atoms with Crippen LogP contribution in [0.15, 0.2) is 0 Å². The number of nitrogens with zero attached hydrogens (tertiary/aromatic N) is 1. The zero-order chi connectivity index (χ0) is 38.2. The van der Waals surface area contributed by atoms with Gasteiger partial charge in [0, 0.05) is 19.4 Å². The monoisotopic (exact) mass is 741 g/mol. The lowest BCUT2D eigenvalue weighted by molar-refractivity contribution is -0.231. The quantitative estimate of drug-likeness (QED) is 0.0405. The number of rotatable bonds is 35. The highest BCUT2D eigenvalue weighted by Crippen LogP contribution is 2.26. The molecule has 0 aromatic heterocycles. The molecule has 1 saturated heterocycles. The fraction of sp³-hybridized carbons (Fsp3) is 0.929. The maximum atomic E-state index is 13.8. The number of carboxylic acid groups (broad SMARTS) is 1. The van der Waals surface area contributed by atoms with Gasteiger partial charge >= 0.3 is 5.97 Å². The van der Waals surface area contributed by atoms with Crippen LogP contribution in [0.25, 0.3) is 0 Å². The number of unbranched alkanes of at least 4 members (excludes halogenated alkanes) is 25. The standard InChI is InChI=1S/C42H80N2O8/c1-3-5-7-9-11-13-15-16-17-18-19-21-23-25-27-29-33-44(37(47)30-28-26-24-22-20-14-12-10-8-6-4-2)42-39(43-36(46)31-32-38(48)49)41(51)40(50)35(34-45)52-42/h35,39-42,45,50-51H,3-34H2,1-2H3,(H,43,46)(H,48,49)/t35-,39-,40+,41-,42-/m1/s1. The van der Waals surface area contributed by atoms with E-state index >= 15 is 0 Å². The number of aliphatic hydroxyl groups is 3. The first-order valence-electron chi connectivity index (χ1n) is 21.7. The summed E-state index contributed by atoms with van der Waals surface area (Å²) in [5.41, 5.74) is 0. The molecule has 10 heteroatoms. The molecule has 2 amide bonds. The first-order chi connectivity index (χ1) is 25.3. The average molecular weight is 741 g/mol. The number of ether oxygens (including phenoxy) is 1. The lowest BCUT2D eigenvalue weighted by Crippen LogP contribution is -2.68. The Kier molecular flexibility index (Phi) is 30.3. The summed E-state index contributed by atoms with van der Waals surface area (Å²) in [4.78, 5) is 39.1. The molecule has 0 saturated carbocycles. The molecule has 0 spiro atoms. The van der Waals surface area contributed by atoms with Crippen molar-refractivity contribution in [3.8, 4) is 0 Å². The lowest BCUT2D eigenvalue weighted by Gasteiger charge is -2.47. The number of carbonyl (C=O) groups is 3. The Hall–Kier alpha value is -1.75. The van der Waals surface area contributed by atoms with Crippen molar-refractivity contribution in [3.63, 3.8) is 0 Å². The van der Waals surface area contributed by atoms with E-state index in [1.807, 2.05) is 0 Å². The van der Waals surface area contributed by atoms with Crippen molar-refractivity contribution in [1.82, 2.24) is 10.2 Å². The van der Waals surface area contributed by atoms with E-state index in [9.17, 15) is 29.7 Å². The number of aliphatic hydroxyl groups excluding tert-OH is 3. The summed E-state index contributed by atoms with van der Waals surface area (Å²) in [6.07, 6.45) is 27.0. The molecule has 10 nitrogen and oxygen atoms in total. The number of aliphatic carboxylic acids is 1. The first kappa shape index (κ1) is 48.3. The molecule has 1 fully saturated rings. The van der Waals surface area contributed by atoms with Crippen LogP contribution < -0.4 is 5.32 Å². The molecule has 0 aliphatic carbocycles. The lowest BCUT2D eigenvalue weighted by atomic mass is 9.94. The Morgan fingerprint density at radius 3 is 1.37 bits per heavy atom. The summed E-state index contributed by atoms with van der Waals surface area (Å²) >= 11 is 0. The molecule has 0 aromatic carbocycles. The SMILES string of the molecule is CCCCCCCCCCCCCCCCCCN(C(=O)CCCCCCCCCCCCC)[C@@H]1O[C@H](CO)[C@H](O)[C@H](O)[C@H]1NC(=O)CCC(=O)O. The van der Waals surface area contributed by atoms with Crippen molar-refractivity contribution < 1.29 is 39.5 Å². The number of carbonyl (C=O) groups excluding carboxylic acids is 2. The molecule has 1 aliphatic rings. The van der Waals surface area contributed by atoms with Crippen LogP contribution in [0.4, 0.5) is 0 Å². The fourth-order valence-electron chi connectivity index (χ4n) is 7.31. The second kappa shape index (κ2) is 32.7. The van der Waals surface area contributed by atoms with E-state index < -0.39 is 49.1 Å². The van der Waals surface area contributed by atoms with Crippen LogP contribution in [0.2, 0.25) is 0 Å². The van der Waals surface area contributed by atoms with Gasteiger partial charge in [-0.3, -0.25) is 14.4 Å². The third kappa shape index (κ3) is 23.1. The Balaban J connectivity index is 2.65. The molecule has 0 bridgehead atoms. The molecule has 306 valence electrons. The third-order valence-electron chi connectivity index (χ3n) is 10.7. The molecule has 52 heavy (non-hydrogen) atoms. The number of amides is 2. The van der Waals surface area contributed by atoms with Gasteiger partial charge in [0.1, 0.15) is 24.4 Å². The normalized spacial score (nSPS) is 20.2. The van der Waals surface area contributed by atoms with E-state index in [0.717, 1.165) is 51.4 Å². The van der Waals surface area contributed by atoms with Crippen LogP contribution >= 0.6 is 0 Å². The maximum absolute atomic E-state index is 13.8. The minimum atomic E-state index is -1.51. The predicted octanol–water partition coefficient (Wildman–Crippen LogP) is 8.57. The van der Waals surface area contributed by atoms with Gasteiger partial charge in [-0.15, -0.1) is 0 Å². The van der Waals surface area contributed by atoms with Crippen LogP contribution in [-0.4, -0.2) is 86.8 Å². The fourth-order valence-corrected chi connectivity index (χ4v) is 7.31. The smallest absolute Gasteiger partial charge is 0.303 e. The van der Waals surface area contributed by atoms with E-state index in [2.05, 4.69) is 19.2 Å². The van der Waals surface area contributed by atoms with Crippen molar-refractivity contribution in [1.29, 1.82) is 0 Å². The van der Waals surface area contributed by atoms with Crippen LogP contribution in [0.5, 0.6) is 0 Å². The zero-order valence-corrected chi connectivity index (χ0v) is 33.4. The van der Waals surface area contributed by atoms with Gasteiger partial charge in [-0.2, -0.15) is 0 Å². The van der Waals surface area contributed by atoms with Crippen molar-refractivity contribution in [2.24, 2.45) is 0 Å². The topological polar surface area (TPSA) is 157 Å². The van der Waals surface area contributed by atoms with Crippen LogP contribution in [-0.2, 0) is 19.1 Å². The summed E-state index contributed by atoms with van der Waals surface area (Å²) in [6, 6.07) is -1.17. The van der Waals surface area contributed by atoms with Gasteiger partial charge in [0.25, 0.3) is 0 Å². The number of nitrogens with one attached hydrogen (secondary N) is 1. The molecule has 5 atom stereocenters. The number of hydrogen-bond acceptors (Lipinski definition) is 7. The van der Waals surface area contributed by atoms with Gasteiger partial charge in [0.2, 0.25) is 11.8 Å². The van der Waals surface area contributed by atoms with Crippen molar-refractivity contribution in [3.05, 3.63) is 0 Å². The summed E-state index contributed by atoms with van der Waals surface area (Å²) in [5.74, 6) is -1.89. The summed E-state index contributed by atoms with van der Waals surface area (Å²) < 4.78 is 6.04. The van der Waals surface area contributed by atoms with Gasteiger partial charge < -0.3 is 35.4 Å². The minimum Gasteiger partial charge on any atom is -0.481 e. The molecule has 1 rings (SSSR count). The maximum Gasteiger partial charge on any atom is 0.303 e. The van der Waals surface area contributed by atoms with Gasteiger partial charge in [-0.05, 0) is 12.8 Å². The van der Waals surface area contributed by atoms with Crippen LogP contribution in [0.1, 0.15) is 206 Å². The van der Waals surface area contributed by atoms with Crippen molar-refractivity contribution in [2.75, 3.05) is 13.2 Å². The highest BCUT2D eigenvalue weighted by molar-refractivity contribution is 5.81. The van der Waals surface area contributed by atoms with E-state index in [-0.39, 0.29) is 18.7 Å². The Bertz CT molecular complexity index is 890.